The summed E-state index contributed by atoms with van der Waals surface area (Å²) < 4.78 is 27.5. The van der Waals surface area contributed by atoms with E-state index < -0.39 is 11.6 Å². The van der Waals surface area contributed by atoms with Crippen LogP contribution in [0, 0.1) is 41.7 Å². The van der Waals surface area contributed by atoms with Gasteiger partial charge in [0.05, 0.1) is 5.56 Å². The van der Waals surface area contributed by atoms with Crippen LogP contribution in [0.4, 0.5) is 8.78 Å². The number of Topliss-reactive ketones (excluding diaryl/α,β-unsaturated/α-hetero) is 1. The molecule has 0 spiro atoms. The minimum Gasteiger partial charge on any atom is -0.293 e. The maximum absolute atomic E-state index is 14.1. The van der Waals surface area contributed by atoms with E-state index in [9.17, 15) is 13.6 Å². The van der Waals surface area contributed by atoms with E-state index in [1.165, 1.54) is 25.3 Å². The molecule has 0 heterocycles. The Labute approximate surface area is 123 Å². The number of hydrogen-bond acceptors (Lipinski definition) is 1. The molecule has 0 radical (unpaired) electrons. The lowest BCUT2D eigenvalue weighted by Crippen LogP contribution is -2.50. The SMILES string of the molecule is Cc1cc(C(=O)C23CC4CC(CC(C4)C2)C3)c(F)cc1F. The Kier molecular flexibility index (Phi) is 2.79. The van der Waals surface area contributed by atoms with Gasteiger partial charge in [-0.1, -0.05) is 0 Å². The van der Waals surface area contributed by atoms with Gasteiger partial charge < -0.3 is 0 Å². The fraction of sp³-hybridized carbons (Fsp3) is 0.611. The largest absolute Gasteiger partial charge is 0.293 e. The van der Waals surface area contributed by atoms with Gasteiger partial charge in [0.15, 0.2) is 5.78 Å². The second kappa shape index (κ2) is 4.37. The molecular weight excluding hydrogens is 270 g/mol. The van der Waals surface area contributed by atoms with Gasteiger partial charge in [-0.2, -0.15) is 0 Å². The first-order valence-corrected chi connectivity index (χ1v) is 7.97. The number of benzene rings is 1. The highest BCUT2D eigenvalue weighted by Crippen LogP contribution is 2.61. The van der Waals surface area contributed by atoms with Crippen molar-refractivity contribution in [2.45, 2.75) is 45.4 Å². The van der Waals surface area contributed by atoms with Crippen molar-refractivity contribution in [2.24, 2.45) is 23.2 Å². The lowest BCUT2D eigenvalue weighted by molar-refractivity contribution is -0.0355. The van der Waals surface area contributed by atoms with Crippen molar-refractivity contribution >= 4 is 5.78 Å². The van der Waals surface area contributed by atoms with Crippen LogP contribution in [0.25, 0.3) is 0 Å². The van der Waals surface area contributed by atoms with Gasteiger partial charge >= 0.3 is 0 Å². The molecule has 0 aromatic heterocycles. The maximum Gasteiger partial charge on any atom is 0.171 e. The molecule has 0 atom stereocenters. The van der Waals surface area contributed by atoms with Crippen LogP contribution in [0.5, 0.6) is 0 Å². The monoisotopic (exact) mass is 290 g/mol. The molecule has 0 aliphatic heterocycles. The zero-order valence-corrected chi connectivity index (χ0v) is 12.3. The highest BCUT2D eigenvalue weighted by molar-refractivity contribution is 6.01. The summed E-state index contributed by atoms with van der Waals surface area (Å²) in [5.41, 5.74) is 0.0974. The Bertz CT molecular complexity index is 585. The third kappa shape index (κ3) is 1.96. The summed E-state index contributed by atoms with van der Waals surface area (Å²) >= 11 is 0. The second-order valence-electron chi connectivity index (χ2n) is 7.61. The Morgan fingerprint density at radius 3 is 2.05 bits per heavy atom. The van der Waals surface area contributed by atoms with E-state index in [-0.39, 0.29) is 16.8 Å². The molecule has 3 heteroatoms. The van der Waals surface area contributed by atoms with Crippen LogP contribution in [0.15, 0.2) is 12.1 Å². The average Bonchev–Trinajstić information content (AvgIpc) is 2.40. The molecule has 1 aromatic rings. The zero-order chi connectivity index (χ0) is 14.8. The third-order valence-corrected chi connectivity index (χ3v) is 6.01. The van der Waals surface area contributed by atoms with Crippen LogP contribution in [0.2, 0.25) is 0 Å². The minimum atomic E-state index is -0.696. The number of rotatable bonds is 2. The molecule has 0 amide bonds. The van der Waals surface area contributed by atoms with Crippen molar-refractivity contribution in [3.8, 4) is 0 Å². The summed E-state index contributed by atoms with van der Waals surface area (Å²) in [6, 6.07) is 2.27. The molecule has 1 aromatic carbocycles. The average molecular weight is 290 g/mol. The predicted octanol–water partition coefficient (Wildman–Crippen LogP) is 4.67. The van der Waals surface area contributed by atoms with Gasteiger partial charge in [-0.25, -0.2) is 8.78 Å². The van der Waals surface area contributed by atoms with Gasteiger partial charge in [-0.15, -0.1) is 0 Å². The molecule has 5 rings (SSSR count). The van der Waals surface area contributed by atoms with Crippen molar-refractivity contribution in [2.75, 3.05) is 0 Å². The first kappa shape index (κ1) is 13.4. The maximum atomic E-state index is 14.1. The number of ketones is 1. The van der Waals surface area contributed by atoms with E-state index in [2.05, 4.69) is 0 Å². The Hall–Kier alpha value is -1.25. The molecule has 0 saturated heterocycles. The number of carbonyl (C=O) groups is 1. The van der Waals surface area contributed by atoms with Gasteiger partial charge in [-0.05, 0) is 74.8 Å². The third-order valence-electron chi connectivity index (χ3n) is 6.01. The van der Waals surface area contributed by atoms with Gasteiger partial charge in [0.2, 0.25) is 0 Å². The van der Waals surface area contributed by atoms with Crippen molar-refractivity contribution in [3.63, 3.8) is 0 Å². The highest BCUT2D eigenvalue weighted by Gasteiger charge is 2.54. The fourth-order valence-corrected chi connectivity index (χ4v) is 5.51. The van der Waals surface area contributed by atoms with Gasteiger partial charge in [0.25, 0.3) is 0 Å². The van der Waals surface area contributed by atoms with E-state index in [1.54, 1.807) is 6.92 Å². The van der Waals surface area contributed by atoms with Crippen LogP contribution < -0.4 is 0 Å². The van der Waals surface area contributed by atoms with Crippen LogP contribution in [0.1, 0.15) is 54.4 Å². The van der Waals surface area contributed by atoms with Crippen molar-refractivity contribution < 1.29 is 13.6 Å². The quantitative estimate of drug-likeness (QED) is 0.723. The number of hydrogen-bond donors (Lipinski definition) is 0. The second-order valence-corrected chi connectivity index (χ2v) is 7.61. The van der Waals surface area contributed by atoms with E-state index in [1.807, 2.05) is 0 Å². The van der Waals surface area contributed by atoms with Crippen molar-refractivity contribution in [1.29, 1.82) is 0 Å². The lowest BCUT2D eigenvalue weighted by Gasteiger charge is -2.56. The molecule has 21 heavy (non-hydrogen) atoms. The normalized spacial score (nSPS) is 37.0. The molecule has 4 aliphatic carbocycles. The molecule has 4 bridgehead atoms. The highest BCUT2D eigenvalue weighted by atomic mass is 19.1. The fourth-order valence-electron chi connectivity index (χ4n) is 5.51. The van der Waals surface area contributed by atoms with Crippen LogP contribution in [-0.4, -0.2) is 5.78 Å². The minimum absolute atomic E-state index is 0.0674. The molecule has 1 nitrogen and oxygen atoms in total. The van der Waals surface area contributed by atoms with Gasteiger partial charge in [0, 0.05) is 11.5 Å². The number of halogens is 2. The van der Waals surface area contributed by atoms with Gasteiger partial charge in [0.1, 0.15) is 11.6 Å². The molecule has 4 fully saturated rings. The Morgan fingerprint density at radius 2 is 1.52 bits per heavy atom. The molecule has 0 N–H and O–H groups in total. The van der Waals surface area contributed by atoms with E-state index in [0.717, 1.165) is 25.3 Å². The van der Waals surface area contributed by atoms with Gasteiger partial charge in [-0.3, -0.25) is 4.79 Å². The number of carbonyl (C=O) groups excluding carboxylic acids is 1. The standard InChI is InChI=1S/C18H20F2O/c1-10-2-14(16(20)6-15(10)19)17(21)18-7-11-3-12(8-18)5-13(4-11)9-18/h2,6,11-13H,3-5,7-9H2,1H3. The first-order valence-electron chi connectivity index (χ1n) is 7.97. The van der Waals surface area contributed by atoms with Crippen molar-refractivity contribution in [1.82, 2.24) is 0 Å². The van der Waals surface area contributed by atoms with Crippen molar-refractivity contribution in [3.05, 3.63) is 34.9 Å². The summed E-state index contributed by atoms with van der Waals surface area (Å²) in [5.74, 6) is 0.593. The zero-order valence-electron chi connectivity index (χ0n) is 12.3. The van der Waals surface area contributed by atoms with E-state index >= 15 is 0 Å². The Balaban J connectivity index is 1.73. The van der Waals surface area contributed by atoms with E-state index in [4.69, 9.17) is 0 Å². The molecule has 4 aliphatic rings. The molecular formula is C18H20F2O. The summed E-state index contributed by atoms with van der Waals surface area (Å²) in [7, 11) is 0. The van der Waals surface area contributed by atoms with Crippen LogP contribution >= 0.6 is 0 Å². The molecule has 0 unspecified atom stereocenters. The van der Waals surface area contributed by atoms with E-state index in [0.29, 0.717) is 23.3 Å². The first-order chi connectivity index (χ1) is 9.97. The smallest absolute Gasteiger partial charge is 0.171 e. The summed E-state index contributed by atoms with van der Waals surface area (Å²) in [4.78, 5) is 13.0. The Morgan fingerprint density at radius 1 is 1.00 bits per heavy atom. The van der Waals surface area contributed by atoms with Crippen LogP contribution in [0.3, 0.4) is 0 Å². The van der Waals surface area contributed by atoms with Crippen LogP contribution in [-0.2, 0) is 0 Å². The lowest BCUT2D eigenvalue weighted by atomic mass is 9.48. The number of aryl methyl sites for hydroxylation is 1. The topological polar surface area (TPSA) is 17.1 Å². The molecule has 112 valence electrons. The summed E-state index contributed by atoms with van der Waals surface area (Å²) in [6.07, 6.45) is 6.47. The predicted molar refractivity (Wildman–Crippen MR) is 76.0 cm³/mol. The summed E-state index contributed by atoms with van der Waals surface area (Å²) in [6.45, 7) is 1.59. The molecule has 4 saturated carbocycles. The summed E-state index contributed by atoms with van der Waals surface area (Å²) in [5, 5.41) is 0.